The monoisotopic (exact) mass is 1210 g/mol. The summed E-state index contributed by atoms with van der Waals surface area (Å²) < 4.78 is 11.7. The molecule has 7 heteroatoms. The van der Waals surface area contributed by atoms with Gasteiger partial charge in [-0.2, -0.15) is 18.8 Å². The summed E-state index contributed by atoms with van der Waals surface area (Å²) in [5, 5.41) is 4.64. The van der Waals surface area contributed by atoms with Gasteiger partial charge in [-0.3, -0.25) is 0 Å². The van der Waals surface area contributed by atoms with E-state index in [1.807, 2.05) is 12.3 Å². The van der Waals surface area contributed by atoms with Crippen LogP contribution >= 0.6 is 0 Å². The summed E-state index contributed by atoms with van der Waals surface area (Å²) in [6.07, 6.45) is 1.92. The van der Waals surface area contributed by atoms with Crippen LogP contribution in [0.15, 0.2) is 158 Å². The largest absolute Gasteiger partial charge is 0.509 e. The first-order valence-corrected chi connectivity index (χ1v) is 27.7. The van der Waals surface area contributed by atoms with Gasteiger partial charge in [-0.15, -0.1) is 35.2 Å². The van der Waals surface area contributed by atoms with Gasteiger partial charge >= 0.3 is 0 Å². The Kier molecular flexibility index (Phi) is 11.2. The van der Waals surface area contributed by atoms with Crippen LogP contribution < -0.4 is 14.5 Å². The number of para-hydroxylation sites is 4. The van der Waals surface area contributed by atoms with Gasteiger partial charge in [-0.1, -0.05) is 185 Å². The molecule has 0 radical (unpaired) electrons. The molecule has 79 heavy (non-hydrogen) atoms. The summed E-state index contributed by atoms with van der Waals surface area (Å²) in [5.74, 6) is 2.02. The van der Waals surface area contributed by atoms with Crippen molar-refractivity contribution >= 4 is 60.7 Å². The van der Waals surface area contributed by atoms with E-state index in [1.54, 1.807) is 0 Å². The maximum atomic E-state index is 7.09. The van der Waals surface area contributed by atoms with E-state index < -0.39 is 5.41 Å². The number of ether oxygens (including phenoxy) is 1. The predicted octanol–water partition coefficient (Wildman–Crippen LogP) is 18.2. The van der Waals surface area contributed by atoms with Crippen molar-refractivity contribution in [3.8, 4) is 34.1 Å². The molecule has 398 valence electrons. The maximum absolute atomic E-state index is 7.09. The zero-order chi connectivity index (χ0) is 54.2. The second-order valence-corrected chi connectivity index (χ2v) is 26.3. The molecule has 0 saturated carbocycles. The van der Waals surface area contributed by atoms with Crippen molar-refractivity contribution in [3.05, 3.63) is 221 Å². The number of fused-ring (bicyclic) bond motifs is 15. The Hall–Kier alpha value is -7.40. The van der Waals surface area contributed by atoms with Crippen LogP contribution in [0.2, 0.25) is 0 Å². The molecule has 3 aromatic heterocycles. The summed E-state index contributed by atoms with van der Waals surface area (Å²) in [7, 11) is 2.17. The molecule has 5 heterocycles. The van der Waals surface area contributed by atoms with Gasteiger partial charge in [0.15, 0.2) is 0 Å². The van der Waals surface area contributed by atoms with E-state index in [0.717, 1.165) is 50.0 Å². The number of nitrogens with zero attached hydrogens (tertiary/aromatic N) is 5. The van der Waals surface area contributed by atoms with Crippen molar-refractivity contribution in [3.63, 3.8) is 0 Å². The molecule has 0 atom stereocenters. The first-order chi connectivity index (χ1) is 37.1. The average Bonchev–Trinajstić information content (AvgIpc) is 2.24. The van der Waals surface area contributed by atoms with Crippen LogP contribution in [0, 0.1) is 18.8 Å². The third-order valence-electron chi connectivity index (χ3n) is 17.1. The number of anilines is 3. The number of aromatic nitrogens is 3. The molecule has 1 spiro atoms. The molecule has 11 aromatic rings. The number of pyridine rings is 1. The topological polar surface area (TPSA) is 38.5 Å². The molecular weight excluding hydrogens is 1150 g/mol. The Morgan fingerprint density at radius 1 is 0.506 bits per heavy atom. The SMILES string of the molecule is CN1[CH-]N2c3[c-]c(Oc4[c-]c5c(cc4)c4ccccc4n5-c4cc(-n5c6ccccc6c6ccccc65)ccn4)ccc3C3(c4cccc1c42)c1c(cc(C(C)(C)C)cc1C(C)(C)C)-c1cc(C(C)(C)C)cc(C(C)(C)C)c13.[Pt]. The van der Waals surface area contributed by atoms with Gasteiger partial charge in [0, 0.05) is 77.9 Å². The summed E-state index contributed by atoms with van der Waals surface area (Å²) in [6.45, 7) is 30.8. The summed E-state index contributed by atoms with van der Waals surface area (Å²) >= 11 is 0. The van der Waals surface area contributed by atoms with E-state index in [0.29, 0.717) is 11.5 Å². The Morgan fingerprint density at radius 2 is 1.04 bits per heavy atom. The number of rotatable bonds is 4. The molecule has 0 amide bonds. The van der Waals surface area contributed by atoms with E-state index in [2.05, 4.69) is 273 Å². The fourth-order valence-corrected chi connectivity index (χ4v) is 13.4. The molecule has 2 aliphatic heterocycles. The zero-order valence-corrected chi connectivity index (χ0v) is 49.8. The fourth-order valence-electron chi connectivity index (χ4n) is 13.4. The van der Waals surface area contributed by atoms with E-state index in [4.69, 9.17) is 9.72 Å². The van der Waals surface area contributed by atoms with E-state index >= 15 is 0 Å². The summed E-state index contributed by atoms with van der Waals surface area (Å²) in [5.41, 5.74) is 20.7. The molecule has 0 bridgehead atoms. The standard InChI is InChI=1S/C72H66N5O.Pt/c1-68(2,3)43-35-52-53-36-44(69(4,5)6)38-57(71(10,11)12)66(53)72(65(52)56(37-43)70(7,8)9)54-32-30-47(41-63(54)75-42-74(13)61-28-20-24-55(72)67(61)75)78-46-29-31-51-50-23-16-19-27-60(50)77(62(51)40-46)64-39-45(33-34-73-64)76-58-25-17-14-21-48(58)49-22-15-18-26-59(49)76;/h14-39,42H,1-13H3;/q-3;. The van der Waals surface area contributed by atoms with Gasteiger partial charge in [0.05, 0.1) is 16.7 Å². The van der Waals surface area contributed by atoms with Crippen molar-refractivity contribution in [2.45, 2.75) is 110 Å². The first kappa shape index (κ1) is 51.1. The van der Waals surface area contributed by atoms with Crippen molar-refractivity contribution in [2.75, 3.05) is 16.8 Å². The molecular formula is C72H66N5OPt-3. The van der Waals surface area contributed by atoms with Gasteiger partial charge in [0.2, 0.25) is 0 Å². The maximum Gasteiger partial charge on any atom is 0.137 e. The fraction of sp³-hybridized carbons (Fsp3) is 0.250. The van der Waals surface area contributed by atoms with Crippen LogP contribution in [0.5, 0.6) is 11.5 Å². The molecule has 0 unspecified atom stereocenters. The van der Waals surface area contributed by atoms with Crippen LogP contribution in [0.1, 0.15) is 128 Å². The second-order valence-electron chi connectivity index (χ2n) is 26.3. The normalized spacial score (nSPS) is 14.5. The molecule has 14 rings (SSSR count). The van der Waals surface area contributed by atoms with Crippen LogP contribution in [-0.2, 0) is 48.1 Å². The van der Waals surface area contributed by atoms with Gasteiger partial charge in [-0.25, -0.2) is 4.98 Å². The summed E-state index contributed by atoms with van der Waals surface area (Å²) in [6, 6.07) is 63.8. The van der Waals surface area contributed by atoms with E-state index in [9.17, 15) is 0 Å². The van der Waals surface area contributed by atoms with Crippen molar-refractivity contribution in [2.24, 2.45) is 0 Å². The van der Waals surface area contributed by atoms with Crippen molar-refractivity contribution in [1.29, 1.82) is 0 Å². The van der Waals surface area contributed by atoms with Crippen LogP contribution in [0.3, 0.4) is 0 Å². The molecule has 0 saturated heterocycles. The number of hydrogen-bond acceptors (Lipinski definition) is 4. The van der Waals surface area contributed by atoms with E-state index in [1.165, 1.54) is 77.8 Å². The minimum Gasteiger partial charge on any atom is -0.509 e. The van der Waals surface area contributed by atoms with Crippen molar-refractivity contribution in [1.82, 2.24) is 14.1 Å². The average molecular weight is 1210 g/mol. The minimum absolute atomic E-state index is 0. The smallest absolute Gasteiger partial charge is 0.137 e. The third kappa shape index (κ3) is 7.42. The van der Waals surface area contributed by atoms with Crippen LogP contribution in [0.25, 0.3) is 66.2 Å². The van der Waals surface area contributed by atoms with Crippen LogP contribution in [-0.4, -0.2) is 21.2 Å². The third-order valence-corrected chi connectivity index (χ3v) is 17.1. The molecule has 1 aliphatic carbocycles. The number of benzene rings is 8. The number of hydrogen-bond donors (Lipinski definition) is 0. The van der Waals surface area contributed by atoms with Gasteiger partial charge in [-0.05, 0) is 114 Å². The molecule has 0 N–H and O–H groups in total. The molecule has 3 aliphatic rings. The Labute approximate surface area is 479 Å². The summed E-state index contributed by atoms with van der Waals surface area (Å²) in [4.78, 5) is 9.71. The van der Waals surface area contributed by atoms with Crippen molar-refractivity contribution < 1.29 is 25.8 Å². The quantitative estimate of drug-likeness (QED) is 0.165. The molecule has 0 fully saturated rings. The second kappa shape index (κ2) is 17.3. The molecule has 6 nitrogen and oxygen atoms in total. The van der Waals surface area contributed by atoms with E-state index in [-0.39, 0.29) is 42.7 Å². The van der Waals surface area contributed by atoms with Crippen LogP contribution in [0.4, 0.5) is 17.1 Å². The predicted molar refractivity (Wildman–Crippen MR) is 324 cm³/mol. The first-order valence-electron chi connectivity index (χ1n) is 27.7. The Bertz CT molecular complexity index is 4220. The van der Waals surface area contributed by atoms with Gasteiger partial charge in [0.25, 0.3) is 0 Å². The Morgan fingerprint density at radius 3 is 1.61 bits per heavy atom. The zero-order valence-electron chi connectivity index (χ0n) is 47.5. The minimum atomic E-state index is -0.694. The Balaban J connectivity index is 0.00000591. The van der Waals surface area contributed by atoms with Gasteiger partial charge in [0.1, 0.15) is 5.82 Å². The van der Waals surface area contributed by atoms with Gasteiger partial charge < -0.3 is 23.7 Å². The molecule has 8 aromatic carbocycles.